The number of rotatable bonds is 7. The number of hydrogen-bond donors (Lipinski definition) is 0. The molecule has 0 N–H and O–H groups in total. The molecule has 148 valence electrons. The van der Waals surface area contributed by atoms with Crippen molar-refractivity contribution >= 4 is 35.2 Å². The first-order valence-electron chi connectivity index (χ1n) is 8.80. The Hall–Kier alpha value is -2.77. The van der Waals surface area contributed by atoms with Crippen LogP contribution in [0.15, 0.2) is 81.4 Å². The van der Waals surface area contributed by atoms with Gasteiger partial charge in [0.25, 0.3) is 5.69 Å². The number of nitro groups is 1. The van der Waals surface area contributed by atoms with E-state index in [0.29, 0.717) is 16.2 Å². The molecule has 0 fully saturated rings. The number of hydrogen-bond acceptors (Lipinski definition) is 6. The van der Waals surface area contributed by atoms with E-state index in [1.165, 1.54) is 30.6 Å². The number of methoxy groups -OCH3 is 1. The molecule has 0 saturated heterocycles. The van der Waals surface area contributed by atoms with Crippen molar-refractivity contribution in [3.63, 3.8) is 0 Å². The van der Waals surface area contributed by atoms with Gasteiger partial charge in [-0.2, -0.15) is 0 Å². The molecule has 0 saturated carbocycles. The zero-order valence-corrected chi connectivity index (χ0v) is 17.6. The van der Waals surface area contributed by atoms with Crippen molar-refractivity contribution in [1.82, 2.24) is 0 Å². The minimum absolute atomic E-state index is 0.0786. The van der Waals surface area contributed by atoms with Gasteiger partial charge in [0.15, 0.2) is 0 Å². The summed E-state index contributed by atoms with van der Waals surface area (Å²) in [5.41, 5.74) is 2.52. The molecule has 7 heteroatoms. The van der Waals surface area contributed by atoms with E-state index in [4.69, 9.17) is 4.74 Å². The van der Waals surface area contributed by atoms with E-state index in [1.807, 2.05) is 49.4 Å². The zero-order valence-electron chi connectivity index (χ0n) is 16.0. The van der Waals surface area contributed by atoms with Gasteiger partial charge in [0.05, 0.1) is 22.5 Å². The van der Waals surface area contributed by atoms with Crippen LogP contribution in [0.5, 0.6) is 0 Å². The number of benzene rings is 3. The Kier molecular flexibility index (Phi) is 6.95. The highest BCUT2D eigenvalue weighted by atomic mass is 32.2. The second kappa shape index (κ2) is 9.62. The van der Waals surface area contributed by atoms with Gasteiger partial charge in [0.2, 0.25) is 0 Å². The molecule has 0 spiro atoms. The molecule has 0 unspecified atom stereocenters. The van der Waals surface area contributed by atoms with Crippen molar-refractivity contribution in [3.8, 4) is 0 Å². The first-order valence-corrected chi connectivity index (χ1v) is 10.6. The average Bonchev–Trinajstić information content (AvgIpc) is 2.74. The molecule has 3 aromatic carbocycles. The smallest absolute Gasteiger partial charge is 0.338 e. The summed E-state index contributed by atoms with van der Waals surface area (Å²) in [5, 5.41) is 11.6. The fraction of sp³-hybridized carbons (Fsp3) is 0.136. The maximum atomic E-state index is 11.9. The minimum Gasteiger partial charge on any atom is -0.465 e. The number of nitro benzene ring substituents is 1. The predicted octanol–water partition coefficient (Wildman–Crippen LogP) is 6.13. The summed E-state index contributed by atoms with van der Waals surface area (Å²) in [6.45, 7) is 2.00. The van der Waals surface area contributed by atoms with E-state index in [-0.39, 0.29) is 10.6 Å². The van der Waals surface area contributed by atoms with Crippen molar-refractivity contribution in [2.45, 2.75) is 27.4 Å². The SMILES string of the molecule is COC(=O)c1ccccc1SCc1ccc(Sc2ccc(C)cc2)c([N+](=O)[O-])c1. The summed E-state index contributed by atoms with van der Waals surface area (Å²) in [7, 11) is 1.34. The maximum absolute atomic E-state index is 11.9. The molecule has 0 bridgehead atoms. The highest BCUT2D eigenvalue weighted by molar-refractivity contribution is 7.99. The van der Waals surface area contributed by atoms with Crippen molar-refractivity contribution in [3.05, 3.63) is 93.5 Å². The topological polar surface area (TPSA) is 69.4 Å². The van der Waals surface area contributed by atoms with Gasteiger partial charge < -0.3 is 4.74 Å². The molecule has 3 aromatic rings. The quantitative estimate of drug-likeness (QED) is 0.196. The standard InChI is InChI=1S/C22H19NO4S2/c1-15-7-10-17(11-8-15)29-21-12-9-16(13-19(21)23(25)26)14-28-20-6-4-3-5-18(20)22(24)27-2/h3-13H,14H2,1-2H3. The van der Waals surface area contributed by atoms with Gasteiger partial charge >= 0.3 is 5.97 Å². The summed E-state index contributed by atoms with van der Waals surface area (Å²) in [6.07, 6.45) is 0. The number of carbonyl (C=O) groups is 1. The third-order valence-corrected chi connectivity index (χ3v) is 6.37. The monoisotopic (exact) mass is 425 g/mol. The first-order chi connectivity index (χ1) is 14.0. The van der Waals surface area contributed by atoms with Crippen LogP contribution in [-0.2, 0) is 10.5 Å². The Morgan fingerprint density at radius 1 is 1.03 bits per heavy atom. The lowest BCUT2D eigenvalue weighted by Crippen LogP contribution is -2.02. The lowest BCUT2D eigenvalue weighted by atomic mass is 10.2. The molecular formula is C22H19NO4S2. The van der Waals surface area contributed by atoms with E-state index >= 15 is 0 Å². The van der Waals surface area contributed by atoms with Crippen molar-refractivity contribution in [1.29, 1.82) is 0 Å². The van der Waals surface area contributed by atoms with Gasteiger partial charge in [0, 0.05) is 21.6 Å². The molecule has 0 aromatic heterocycles. The molecule has 0 aliphatic carbocycles. The Morgan fingerprint density at radius 3 is 2.45 bits per heavy atom. The van der Waals surface area contributed by atoms with Crippen molar-refractivity contribution in [2.24, 2.45) is 0 Å². The zero-order chi connectivity index (χ0) is 20.8. The Labute approximate surface area is 177 Å². The molecular weight excluding hydrogens is 406 g/mol. The van der Waals surface area contributed by atoms with Gasteiger partial charge in [-0.15, -0.1) is 11.8 Å². The number of ether oxygens (including phenoxy) is 1. The van der Waals surface area contributed by atoms with E-state index in [9.17, 15) is 14.9 Å². The fourth-order valence-corrected chi connectivity index (χ4v) is 4.53. The molecule has 0 aliphatic heterocycles. The van der Waals surface area contributed by atoms with Crippen LogP contribution < -0.4 is 0 Å². The molecule has 3 rings (SSSR count). The third-order valence-electron chi connectivity index (χ3n) is 4.16. The first kappa shape index (κ1) is 21.0. The number of carbonyl (C=O) groups excluding carboxylic acids is 1. The molecule has 0 heterocycles. The van der Waals surface area contributed by atoms with Crippen LogP contribution in [0.4, 0.5) is 5.69 Å². The van der Waals surface area contributed by atoms with Crippen molar-refractivity contribution < 1.29 is 14.5 Å². The number of esters is 1. The Morgan fingerprint density at radius 2 is 1.76 bits per heavy atom. The third kappa shape index (κ3) is 5.40. The number of nitrogens with zero attached hydrogens (tertiary/aromatic N) is 1. The van der Waals surface area contributed by atoms with Gasteiger partial charge in [-0.05, 0) is 42.8 Å². The molecule has 0 radical (unpaired) electrons. The largest absolute Gasteiger partial charge is 0.465 e. The van der Waals surface area contributed by atoms with Crippen LogP contribution in [-0.4, -0.2) is 18.0 Å². The van der Waals surface area contributed by atoms with E-state index in [0.717, 1.165) is 20.9 Å². The number of aryl methyl sites for hydroxylation is 1. The fourth-order valence-electron chi connectivity index (χ4n) is 2.65. The Bertz CT molecular complexity index is 1040. The second-order valence-electron chi connectivity index (χ2n) is 6.25. The summed E-state index contributed by atoms with van der Waals surface area (Å²) in [5.74, 6) is 0.105. The molecule has 5 nitrogen and oxygen atoms in total. The van der Waals surface area contributed by atoms with Crippen LogP contribution >= 0.6 is 23.5 Å². The molecule has 29 heavy (non-hydrogen) atoms. The average molecular weight is 426 g/mol. The molecule has 0 aliphatic rings. The Balaban J connectivity index is 1.79. The number of thioether (sulfide) groups is 1. The van der Waals surface area contributed by atoms with Gasteiger partial charge in [0.1, 0.15) is 0 Å². The summed E-state index contributed by atoms with van der Waals surface area (Å²) in [6, 6.07) is 20.3. The second-order valence-corrected chi connectivity index (χ2v) is 8.38. The van der Waals surface area contributed by atoms with Gasteiger partial charge in [-0.25, -0.2) is 4.79 Å². The van der Waals surface area contributed by atoms with Crippen LogP contribution in [0.3, 0.4) is 0 Å². The van der Waals surface area contributed by atoms with E-state index in [1.54, 1.807) is 24.3 Å². The summed E-state index contributed by atoms with van der Waals surface area (Å²) < 4.78 is 4.81. The summed E-state index contributed by atoms with van der Waals surface area (Å²) in [4.78, 5) is 25.5. The molecule has 0 amide bonds. The lowest BCUT2D eigenvalue weighted by molar-refractivity contribution is -0.387. The maximum Gasteiger partial charge on any atom is 0.338 e. The van der Waals surface area contributed by atoms with Crippen LogP contribution in [0.2, 0.25) is 0 Å². The van der Waals surface area contributed by atoms with Crippen LogP contribution in [0.1, 0.15) is 21.5 Å². The van der Waals surface area contributed by atoms with Crippen LogP contribution in [0.25, 0.3) is 0 Å². The van der Waals surface area contributed by atoms with Crippen molar-refractivity contribution in [2.75, 3.05) is 7.11 Å². The minimum atomic E-state index is -0.399. The lowest BCUT2D eigenvalue weighted by Gasteiger charge is -2.09. The van der Waals surface area contributed by atoms with E-state index < -0.39 is 5.97 Å². The normalized spacial score (nSPS) is 10.6. The van der Waals surface area contributed by atoms with Crippen LogP contribution in [0, 0.1) is 17.0 Å². The van der Waals surface area contributed by atoms with Gasteiger partial charge in [-0.3, -0.25) is 10.1 Å². The highest BCUT2D eigenvalue weighted by Crippen LogP contribution is 2.36. The predicted molar refractivity (Wildman–Crippen MR) is 116 cm³/mol. The highest BCUT2D eigenvalue weighted by Gasteiger charge is 2.17. The molecule has 0 atom stereocenters. The summed E-state index contributed by atoms with van der Waals surface area (Å²) >= 11 is 2.82. The van der Waals surface area contributed by atoms with Gasteiger partial charge in [-0.1, -0.05) is 47.7 Å². The van der Waals surface area contributed by atoms with E-state index in [2.05, 4.69) is 0 Å².